The number of nitrogens with zero attached hydrogens (tertiary/aromatic N) is 5. The van der Waals surface area contributed by atoms with Crippen molar-refractivity contribution < 1.29 is 9.59 Å². The van der Waals surface area contributed by atoms with Crippen LogP contribution in [0, 0.1) is 0 Å². The zero-order valence-electron chi connectivity index (χ0n) is 18.9. The van der Waals surface area contributed by atoms with Crippen molar-refractivity contribution in [3.63, 3.8) is 0 Å². The quantitative estimate of drug-likeness (QED) is 0.589. The lowest BCUT2D eigenvalue weighted by atomic mass is 10.1. The Morgan fingerprint density at radius 1 is 1.00 bits per heavy atom. The van der Waals surface area contributed by atoms with E-state index in [0.29, 0.717) is 19.5 Å². The predicted molar refractivity (Wildman–Crippen MR) is 125 cm³/mol. The van der Waals surface area contributed by atoms with E-state index in [2.05, 4.69) is 21.7 Å². The van der Waals surface area contributed by atoms with Gasteiger partial charge in [0.15, 0.2) is 11.0 Å². The highest BCUT2D eigenvalue weighted by atomic mass is 32.2. The Balaban J connectivity index is 1.56. The first kappa shape index (κ1) is 22.8. The zero-order valence-corrected chi connectivity index (χ0v) is 19.7. The molecule has 32 heavy (non-hydrogen) atoms. The molecule has 1 aromatic heterocycles. The molecule has 2 saturated heterocycles. The van der Waals surface area contributed by atoms with E-state index < -0.39 is 0 Å². The molecule has 1 aromatic carbocycles. The normalized spacial score (nSPS) is 18.5. The van der Waals surface area contributed by atoms with Gasteiger partial charge in [-0.15, -0.1) is 10.2 Å². The summed E-state index contributed by atoms with van der Waals surface area (Å²) in [6, 6.07) is 9.97. The van der Waals surface area contributed by atoms with Gasteiger partial charge in [0, 0.05) is 32.6 Å². The Labute approximate surface area is 194 Å². The summed E-state index contributed by atoms with van der Waals surface area (Å²) < 4.78 is 2.06. The third-order valence-corrected chi connectivity index (χ3v) is 7.55. The molecule has 172 valence electrons. The number of hydrogen-bond donors (Lipinski definition) is 0. The van der Waals surface area contributed by atoms with Crippen molar-refractivity contribution in [1.29, 1.82) is 0 Å². The number of aromatic nitrogens is 3. The van der Waals surface area contributed by atoms with E-state index in [0.717, 1.165) is 68.3 Å². The van der Waals surface area contributed by atoms with E-state index in [4.69, 9.17) is 0 Å². The first-order chi connectivity index (χ1) is 15.7. The lowest BCUT2D eigenvalue weighted by molar-refractivity contribution is -0.132. The maximum absolute atomic E-state index is 13.5. The van der Waals surface area contributed by atoms with Gasteiger partial charge in [-0.1, -0.05) is 48.5 Å². The number of carbonyl (C=O) groups is 2. The molecule has 1 unspecified atom stereocenters. The van der Waals surface area contributed by atoms with Gasteiger partial charge in [-0.25, -0.2) is 0 Å². The molecule has 8 heteroatoms. The van der Waals surface area contributed by atoms with Crippen molar-refractivity contribution in [2.75, 3.05) is 19.6 Å². The number of likely N-dealkylation sites (tertiary alicyclic amines) is 2. The Kier molecular flexibility index (Phi) is 7.84. The van der Waals surface area contributed by atoms with Crippen LogP contribution in [0.15, 0.2) is 35.5 Å². The van der Waals surface area contributed by atoms with Crippen molar-refractivity contribution in [2.45, 2.75) is 75.4 Å². The average molecular weight is 456 g/mol. The van der Waals surface area contributed by atoms with Crippen LogP contribution in [-0.2, 0) is 22.7 Å². The van der Waals surface area contributed by atoms with E-state index in [9.17, 15) is 9.59 Å². The zero-order chi connectivity index (χ0) is 22.3. The molecule has 0 radical (unpaired) electrons. The second-order valence-electron chi connectivity index (χ2n) is 8.56. The molecule has 2 aromatic rings. The van der Waals surface area contributed by atoms with E-state index in [1.54, 1.807) is 0 Å². The van der Waals surface area contributed by atoms with E-state index in [1.165, 1.54) is 18.2 Å². The van der Waals surface area contributed by atoms with Gasteiger partial charge < -0.3 is 14.4 Å². The third-order valence-electron chi connectivity index (χ3n) is 6.33. The minimum absolute atomic E-state index is 0.149. The smallest absolute Gasteiger partial charge is 0.240 e. The molecular formula is C24H33N5O2S. The van der Waals surface area contributed by atoms with Crippen LogP contribution in [0.5, 0.6) is 0 Å². The number of benzene rings is 1. The summed E-state index contributed by atoms with van der Waals surface area (Å²) in [6.07, 6.45) is 7.04. The highest BCUT2D eigenvalue weighted by Gasteiger charge is 2.30. The molecule has 7 nitrogen and oxygen atoms in total. The fourth-order valence-corrected chi connectivity index (χ4v) is 5.70. The van der Waals surface area contributed by atoms with Crippen molar-refractivity contribution in [3.8, 4) is 0 Å². The molecule has 0 spiro atoms. The molecule has 0 bridgehead atoms. The van der Waals surface area contributed by atoms with E-state index in [-0.39, 0.29) is 17.1 Å². The van der Waals surface area contributed by atoms with Crippen LogP contribution in [0.25, 0.3) is 0 Å². The molecule has 0 aliphatic carbocycles. The summed E-state index contributed by atoms with van der Waals surface area (Å²) in [7, 11) is 0. The maximum Gasteiger partial charge on any atom is 0.240 e. The monoisotopic (exact) mass is 455 g/mol. The first-order valence-corrected chi connectivity index (χ1v) is 12.8. The Hall–Kier alpha value is -2.35. The Morgan fingerprint density at radius 2 is 1.72 bits per heavy atom. The minimum atomic E-state index is -0.350. The van der Waals surface area contributed by atoms with Crippen LogP contribution < -0.4 is 0 Å². The molecule has 0 saturated carbocycles. The largest absolute Gasteiger partial charge is 0.341 e. The number of carbonyl (C=O) groups excluding carboxylic acids is 2. The standard InChI is InChI=1S/C24H33N5O2S/c1-2-29-20(18-28-17-9-4-8-14-21(28)30)25-26-24(29)32-22(19-12-6-3-7-13-19)23(31)27-15-10-5-11-16-27/h3,6-7,12-13,22H,2,4-5,8-11,14-18H2,1H3. The SMILES string of the molecule is CCn1c(CN2CCCCCC2=O)nnc1SC(C(=O)N1CCCCC1)c1ccccc1. The van der Waals surface area contributed by atoms with Gasteiger partial charge in [-0.2, -0.15) is 0 Å². The minimum Gasteiger partial charge on any atom is -0.341 e. The van der Waals surface area contributed by atoms with Gasteiger partial charge in [-0.3, -0.25) is 9.59 Å². The van der Waals surface area contributed by atoms with Gasteiger partial charge >= 0.3 is 0 Å². The van der Waals surface area contributed by atoms with Crippen LogP contribution in [0.2, 0.25) is 0 Å². The van der Waals surface area contributed by atoms with Crippen LogP contribution in [0.3, 0.4) is 0 Å². The number of thioether (sulfide) groups is 1. The molecule has 4 rings (SSSR count). The molecule has 2 fully saturated rings. The summed E-state index contributed by atoms with van der Waals surface area (Å²) >= 11 is 1.48. The highest BCUT2D eigenvalue weighted by Crippen LogP contribution is 2.37. The van der Waals surface area contributed by atoms with Gasteiger partial charge in [0.1, 0.15) is 5.25 Å². The van der Waals surface area contributed by atoms with Crippen molar-refractivity contribution in [2.24, 2.45) is 0 Å². The number of amides is 2. The van der Waals surface area contributed by atoms with Crippen molar-refractivity contribution in [3.05, 3.63) is 41.7 Å². The second kappa shape index (κ2) is 11.0. The molecule has 2 amide bonds. The Bertz CT molecular complexity index is 910. The topological polar surface area (TPSA) is 71.3 Å². The van der Waals surface area contributed by atoms with Crippen LogP contribution >= 0.6 is 11.8 Å². The lowest BCUT2D eigenvalue weighted by Gasteiger charge is -2.30. The highest BCUT2D eigenvalue weighted by molar-refractivity contribution is 8.00. The molecule has 0 N–H and O–H groups in total. The second-order valence-corrected chi connectivity index (χ2v) is 9.64. The molecular weight excluding hydrogens is 422 g/mol. The summed E-state index contributed by atoms with van der Waals surface area (Å²) in [5.41, 5.74) is 0.989. The lowest BCUT2D eigenvalue weighted by Crippen LogP contribution is -2.38. The molecule has 1 atom stereocenters. The first-order valence-electron chi connectivity index (χ1n) is 11.9. The summed E-state index contributed by atoms with van der Waals surface area (Å²) in [5, 5.41) is 9.29. The molecule has 3 heterocycles. The number of rotatable bonds is 7. The fraction of sp³-hybridized carbons (Fsp3) is 0.583. The fourth-order valence-electron chi connectivity index (χ4n) is 4.49. The van der Waals surface area contributed by atoms with Crippen molar-refractivity contribution in [1.82, 2.24) is 24.6 Å². The van der Waals surface area contributed by atoms with Gasteiger partial charge in [0.05, 0.1) is 6.54 Å². The predicted octanol–water partition coefficient (Wildman–Crippen LogP) is 4.05. The van der Waals surface area contributed by atoms with Gasteiger partial charge in [-0.05, 0) is 44.6 Å². The average Bonchev–Trinajstić information content (AvgIpc) is 3.11. The van der Waals surface area contributed by atoms with Gasteiger partial charge in [0.2, 0.25) is 11.8 Å². The van der Waals surface area contributed by atoms with Crippen LogP contribution in [-0.4, -0.2) is 56.0 Å². The van der Waals surface area contributed by atoms with E-state index >= 15 is 0 Å². The number of piperidine rings is 1. The molecule has 2 aliphatic rings. The number of hydrogen-bond acceptors (Lipinski definition) is 5. The van der Waals surface area contributed by atoms with Gasteiger partial charge in [0.25, 0.3) is 0 Å². The maximum atomic E-state index is 13.5. The summed E-state index contributed by atoms with van der Waals surface area (Å²) in [4.78, 5) is 29.9. The van der Waals surface area contributed by atoms with E-state index in [1.807, 2.05) is 40.1 Å². The third kappa shape index (κ3) is 5.34. The Morgan fingerprint density at radius 3 is 2.47 bits per heavy atom. The summed E-state index contributed by atoms with van der Waals surface area (Å²) in [6.45, 7) is 5.67. The van der Waals surface area contributed by atoms with Crippen LogP contribution in [0.4, 0.5) is 0 Å². The summed E-state index contributed by atoms with van der Waals surface area (Å²) in [5.74, 6) is 1.14. The molecule has 2 aliphatic heterocycles. The van der Waals surface area contributed by atoms with Crippen LogP contribution in [0.1, 0.15) is 68.5 Å². The van der Waals surface area contributed by atoms with Crippen molar-refractivity contribution >= 4 is 23.6 Å².